The van der Waals surface area contributed by atoms with Crippen molar-refractivity contribution in [2.75, 3.05) is 6.54 Å². The van der Waals surface area contributed by atoms with Crippen LogP contribution in [0.1, 0.15) is 30.9 Å². The summed E-state index contributed by atoms with van der Waals surface area (Å²) in [5, 5.41) is 10.9. The highest BCUT2D eigenvalue weighted by molar-refractivity contribution is 7.89. The predicted octanol–water partition coefficient (Wildman–Crippen LogP) is 2.64. The van der Waals surface area contributed by atoms with Gasteiger partial charge < -0.3 is 9.84 Å². The second-order valence-corrected chi connectivity index (χ2v) is 9.02. The summed E-state index contributed by atoms with van der Waals surface area (Å²) in [4.78, 5) is 12.9. The van der Waals surface area contributed by atoms with Crippen molar-refractivity contribution in [3.63, 3.8) is 0 Å². The number of rotatable bonds is 6. The topological polar surface area (TPSA) is 83.9 Å². The van der Waals surface area contributed by atoms with Crippen molar-refractivity contribution in [3.05, 3.63) is 65.7 Å². The number of sulfonamides is 1. The Bertz CT molecular complexity index is 927. The standard InChI is InChI=1S/C21H25NO5S/c1-3-21(24)13-14-22(28(25,26)18-11-9-16(2)10-12-18)19(21)20(23)27-15-17-7-5-4-6-8-17/h4-12,19,24H,3,13-15H2,1-2H3. The van der Waals surface area contributed by atoms with E-state index in [0.717, 1.165) is 15.4 Å². The highest BCUT2D eigenvalue weighted by Gasteiger charge is 2.54. The van der Waals surface area contributed by atoms with Gasteiger partial charge in [-0.05, 0) is 37.5 Å². The second kappa shape index (κ2) is 8.03. The van der Waals surface area contributed by atoms with Crippen molar-refractivity contribution < 1.29 is 23.1 Å². The first-order valence-corrected chi connectivity index (χ1v) is 10.7. The maximum atomic E-state index is 13.1. The molecule has 150 valence electrons. The third-order valence-corrected chi connectivity index (χ3v) is 7.13. The van der Waals surface area contributed by atoms with Crippen LogP contribution in [0.25, 0.3) is 0 Å². The lowest BCUT2D eigenvalue weighted by molar-refractivity contribution is -0.155. The lowest BCUT2D eigenvalue weighted by atomic mass is 9.92. The summed E-state index contributed by atoms with van der Waals surface area (Å²) >= 11 is 0. The molecule has 1 heterocycles. The lowest BCUT2D eigenvalue weighted by Crippen LogP contribution is -2.52. The monoisotopic (exact) mass is 403 g/mol. The van der Waals surface area contributed by atoms with Crippen LogP contribution in [0.2, 0.25) is 0 Å². The Hall–Kier alpha value is -2.22. The van der Waals surface area contributed by atoms with Crippen molar-refractivity contribution in [3.8, 4) is 0 Å². The third kappa shape index (κ3) is 3.97. The van der Waals surface area contributed by atoms with Crippen LogP contribution in [0, 0.1) is 6.92 Å². The molecule has 0 radical (unpaired) electrons. The molecular weight excluding hydrogens is 378 g/mol. The normalized spacial score (nSPS) is 22.9. The highest BCUT2D eigenvalue weighted by Crippen LogP contribution is 2.36. The largest absolute Gasteiger partial charge is 0.460 e. The molecule has 0 spiro atoms. The number of carbonyl (C=O) groups excluding carboxylic acids is 1. The van der Waals surface area contributed by atoms with E-state index in [1.807, 2.05) is 37.3 Å². The quantitative estimate of drug-likeness (QED) is 0.750. The molecule has 0 amide bonds. The van der Waals surface area contributed by atoms with Crippen molar-refractivity contribution in [2.45, 2.75) is 49.8 Å². The maximum Gasteiger partial charge on any atom is 0.327 e. The molecule has 0 aromatic heterocycles. The summed E-state index contributed by atoms with van der Waals surface area (Å²) in [5.41, 5.74) is 0.275. The van der Waals surface area contributed by atoms with Crippen LogP contribution >= 0.6 is 0 Å². The fraction of sp³-hybridized carbons (Fsp3) is 0.381. The van der Waals surface area contributed by atoms with Crippen molar-refractivity contribution in [2.24, 2.45) is 0 Å². The minimum atomic E-state index is -3.94. The number of aryl methyl sites for hydroxylation is 1. The molecule has 1 N–H and O–H groups in total. The zero-order chi connectivity index (χ0) is 20.4. The summed E-state index contributed by atoms with van der Waals surface area (Å²) in [7, 11) is -3.94. The van der Waals surface area contributed by atoms with Gasteiger partial charge in [0.2, 0.25) is 10.0 Å². The molecule has 2 aromatic rings. The van der Waals surface area contributed by atoms with E-state index >= 15 is 0 Å². The van der Waals surface area contributed by atoms with Gasteiger partial charge in [0, 0.05) is 6.54 Å². The average molecular weight is 404 g/mol. The summed E-state index contributed by atoms with van der Waals surface area (Å²) in [5.74, 6) is -0.735. The zero-order valence-electron chi connectivity index (χ0n) is 16.0. The molecule has 1 saturated heterocycles. The Morgan fingerprint density at radius 2 is 1.82 bits per heavy atom. The molecule has 0 bridgehead atoms. The third-order valence-electron chi connectivity index (χ3n) is 5.25. The molecule has 0 saturated carbocycles. The Kier molecular flexibility index (Phi) is 5.88. The zero-order valence-corrected chi connectivity index (χ0v) is 16.9. The summed E-state index contributed by atoms with van der Waals surface area (Å²) in [6, 6.07) is 14.3. The molecule has 2 atom stereocenters. The van der Waals surface area contributed by atoms with Gasteiger partial charge in [-0.2, -0.15) is 4.31 Å². The predicted molar refractivity (Wildman–Crippen MR) is 105 cm³/mol. The van der Waals surface area contributed by atoms with Gasteiger partial charge >= 0.3 is 5.97 Å². The fourth-order valence-corrected chi connectivity index (χ4v) is 5.10. The molecule has 3 rings (SSSR count). The molecule has 1 aliphatic rings. The number of hydrogen-bond acceptors (Lipinski definition) is 5. The van der Waals surface area contributed by atoms with E-state index in [1.54, 1.807) is 19.1 Å². The number of carbonyl (C=O) groups is 1. The van der Waals surface area contributed by atoms with E-state index in [4.69, 9.17) is 4.74 Å². The van der Waals surface area contributed by atoms with Gasteiger partial charge in [0.05, 0.1) is 10.5 Å². The first-order valence-electron chi connectivity index (χ1n) is 9.29. The Balaban J connectivity index is 1.87. The van der Waals surface area contributed by atoms with Crippen LogP contribution in [-0.2, 0) is 26.2 Å². The van der Waals surface area contributed by atoms with Crippen molar-refractivity contribution >= 4 is 16.0 Å². The minimum Gasteiger partial charge on any atom is -0.460 e. The molecule has 7 heteroatoms. The molecular formula is C21H25NO5S. The van der Waals surface area contributed by atoms with Gasteiger partial charge in [-0.3, -0.25) is 4.79 Å². The smallest absolute Gasteiger partial charge is 0.327 e. The summed E-state index contributed by atoms with van der Waals surface area (Å²) in [6.07, 6.45) is 0.428. The van der Waals surface area contributed by atoms with Gasteiger partial charge in [-0.15, -0.1) is 0 Å². The fourth-order valence-electron chi connectivity index (χ4n) is 3.46. The number of aliphatic hydroxyl groups is 1. The Labute approximate surface area is 165 Å². The van der Waals surface area contributed by atoms with E-state index in [2.05, 4.69) is 0 Å². The number of esters is 1. The first-order chi connectivity index (χ1) is 13.3. The van der Waals surface area contributed by atoms with Gasteiger partial charge in [0.1, 0.15) is 6.61 Å². The van der Waals surface area contributed by atoms with Gasteiger partial charge in [0.15, 0.2) is 6.04 Å². The number of nitrogens with zero attached hydrogens (tertiary/aromatic N) is 1. The maximum absolute atomic E-state index is 13.1. The molecule has 1 fully saturated rings. The number of benzene rings is 2. The molecule has 6 nitrogen and oxygen atoms in total. The molecule has 2 aromatic carbocycles. The van der Waals surface area contributed by atoms with Crippen LogP contribution < -0.4 is 0 Å². The molecule has 1 aliphatic heterocycles. The van der Waals surface area contributed by atoms with E-state index in [-0.39, 0.29) is 30.9 Å². The Morgan fingerprint density at radius 1 is 1.18 bits per heavy atom. The van der Waals surface area contributed by atoms with Crippen molar-refractivity contribution in [1.29, 1.82) is 0 Å². The van der Waals surface area contributed by atoms with Gasteiger partial charge in [0.25, 0.3) is 0 Å². The van der Waals surface area contributed by atoms with Crippen LogP contribution in [0.15, 0.2) is 59.5 Å². The molecule has 0 aliphatic carbocycles. The van der Waals surface area contributed by atoms with E-state index in [9.17, 15) is 18.3 Å². The average Bonchev–Trinajstić information content (AvgIpc) is 3.06. The van der Waals surface area contributed by atoms with Crippen LogP contribution in [0.4, 0.5) is 0 Å². The second-order valence-electron chi connectivity index (χ2n) is 7.13. The number of hydrogen-bond donors (Lipinski definition) is 1. The van der Waals surface area contributed by atoms with Crippen LogP contribution in [-0.4, -0.2) is 42.0 Å². The van der Waals surface area contributed by atoms with Crippen LogP contribution in [0.5, 0.6) is 0 Å². The van der Waals surface area contributed by atoms with Crippen molar-refractivity contribution in [1.82, 2.24) is 4.31 Å². The minimum absolute atomic E-state index is 0.0222. The van der Waals surface area contributed by atoms with E-state index in [1.165, 1.54) is 12.1 Å². The molecule has 2 unspecified atom stereocenters. The van der Waals surface area contributed by atoms with E-state index < -0.39 is 27.6 Å². The SMILES string of the molecule is CCC1(O)CCN(S(=O)(=O)c2ccc(C)cc2)C1C(=O)OCc1ccccc1. The van der Waals surface area contributed by atoms with E-state index in [0.29, 0.717) is 0 Å². The van der Waals surface area contributed by atoms with Crippen LogP contribution in [0.3, 0.4) is 0 Å². The number of ether oxygens (including phenoxy) is 1. The van der Waals surface area contributed by atoms with Gasteiger partial charge in [-0.25, -0.2) is 8.42 Å². The first kappa shape index (κ1) is 20.5. The highest BCUT2D eigenvalue weighted by atomic mass is 32.2. The summed E-state index contributed by atoms with van der Waals surface area (Å²) in [6.45, 7) is 3.69. The lowest BCUT2D eigenvalue weighted by Gasteiger charge is -2.31. The Morgan fingerprint density at radius 3 is 2.43 bits per heavy atom. The summed E-state index contributed by atoms with van der Waals surface area (Å²) < 4.78 is 32.8. The molecule has 28 heavy (non-hydrogen) atoms. The van der Waals surface area contributed by atoms with Gasteiger partial charge in [-0.1, -0.05) is 55.0 Å².